The fourth-order valence-corrected chi connectivity index (χ4v) is 4.60. The van der Waals surface area contributed by atoms with Gasteiger partial charge >= 0.3 is 0 Å². The van der Waals surface area contributed by atoms with Gasteiger partial charge in [-0.25, -0.2) is 14.6 Å². The molecule has 180 valence electrons. The number of imidazole rings is 1. The second kappa shape index (κ2) is 9.21. The lowest BCUT2D eigenvalue weighted by Crippen LogP contribution is -2.38. The third kappa shape index (κ3) is 4.28. The number of hydrogen-bond acceptors (Lipinski definition) is 7. The van der Waals surface area contributed by atoms with Gasteiger partial charge in [-0.05, 0) is 55.7 Å². The zero-order valence-corrected chi connectivity index (χ0v) is 19.8. The van der Waals surface area contributed by atoms with Crippen LogP contribution in [0.5, 0.6) is 0 Å². The van der Waals surface area contributed by atoms with Crippen molar-refractivity contribution in [3.05, 3.63) is 79.1 Å². The molecule has 0 atom stereocenters. The Hall–Kier alpha value is -4.60. The molecule has 4 aromatic heterocycles. The van der Waals surface area contributed by atoms with Gasteiger partial charge in [-0.1, -0.05) is 18.2 Å². The lowest BCUT2D eigenvalue weighted by molar-refractivity contribution is -0.120. The molecule has 0 bridgehead atoms. The summed E-state index contributed by atoms with van der Waals surface area (Å²) in [6.45, 7) is 3.54. The van der Waals surface area contributed by atoms with E-state index in [-0.39, 0.29) is 11.8 Å². The molecule has 1 aliphatic heterocycles. The van der Waals surface area contributed by atoms with Gasteiger partial charge in [0.25, 0.3) is 0 Å². The van der Waals surface area contributed by atoms with Gasteiger partial charge < -0.3 is 14.6 Å². The first-order chi connectivity index (χ1) is 17.6. The molecule has 10 heteroatoms. The van der Waals surface area contributed by atoms with Crippen LogP contribution in [-0.2, 0) is 4.79 Å². The highest BCUT2D eigenvalue weighted by Crippen LogP contribution is 2.26. The molecule has 0 saturated carbocycles. The third-order valence-corrected chi connectivity index (χ3v) is 6.58. The van der Waals surface area contributed by atoms with Crippen LogP contribution in [0.1, 0.15) is 18.4 Å². The van der Waals surface area contributed by atoms with Crippen molar-refractivity contribution in [2.45, 2.75) is 19.8 Å². The van der Waals surface area contributed by atoms with Crippen LogP contribution in [-0.4, -0.2) is 53.3 Å². The minimum atomic E-state index is -0.0508. The van der Waals surface area contributed by atoms with Crippen LogP contribution in [0, 0.1) is 12.8 Å². The molecule has 1 fully saturated rings. The number of hydrogen-bond donors (Lipinski definition) is 1. The van der Waals surface area contributed by atoms with Crippen LogP contribution in [0.3, 0.4) is 0 Å². The number of pyridine rings is 1. The first-order valence-electron chi connectivity index (χ1n) is 11.9. The first-order valence-corrected chi connectivity index (χ1v) is 11.9. The van der Waals surface area contributed by atoms with E-state index in [0.29, 0.717) is 5.82 Å². The Kier molecular flexibility index (Phi) is 5.61. The van der Waals surface area contributed by atoms with Crippen LogP contribution in [0.2, 0.25) is 0 Å². The molecule has 1 saturated heterocycles. The average Bonchev–Trinajstić information content (AvgIpc) is 3.61. The summed E-state index contributed by atoms with van der Waals surface area (Å²) in [6.07, 6.45) is 8.56. The first kappa shape index (κ1) is 21.9. The smallest absolute Gasteiger partial charge is 0.227 e. The van der Waals surface area contributed by atoms with E-state index < -0.39 is 0 Å². The number of fused-ring (bicyclic) bond motifs is 1. The molecule has 1 aromatic carbocycles. The maximum Gasteiger partial charge on any atom is 0.227 e. The Balaban J connectivity index is 1.09. The number of anilines is 2. The van der Waals surface area contributed by atoms with Crippen molar-refractivity contribution in [1.82, 2.24) is 34.3 Å². The summed E-state index contributed by atoms with van der Waals surface area (Å²) in [5.74, 6) is 1.41. The summed E-state index contributed by atoms with van der Waals surface area (Å²) in [7, 11) is 0. The molecule has 36 heavy (non-hydrogen) atoms. The van der Waals surface area contributed by atoms with Crippen LogP contribution >= 0.6 is 0 Å². The monoisotopic (exact) mass is 479 g/mol. The summed E-state index contributed by atoms with van der Waals surface area (Å²) in [5.41, 5.74) is 4.69. The maximum absolute atomic E-state index is 13.0. The lowest BCUT2D eigenvalue weighted by atomic mass is 9.95. The largest absolute Gasteiger partial charge is 0.355 e. The normalized spacial score (nSPS) is 14.3. The zero-order valence-electron chi connectivity index (χ0n) is 19.8. The Bertz CT molecular complexity index is 1500. The molecule has 0 radical (unpaired) electrons. The molecule has 0 aliphatic carbocycles. The molecule has 5 aromatic rings. The SMILES string of the molecule is Cc1cccn2cc(-c3cccc(NC(=O)C4CCN(c5ccc(-n6cncn6)nn5)CC4)c3)nc12. The summed E-state index contributed by atoms with van der Waals surface area (Å²) >= 11 is 0. The molecular formula is C26H25N9O. The van der Waals surface area contributed by atoms with Gasteiger partial charge in [-0.2, -0.15) is 5.10 Å². The second-order valence-corrected chi connectivity index (χ2v) is 8.97. The van der Waals surface area contributed by atoms with E-state index in [4.69, 9.17) is 4.98 Å². The molecule has 5 heterocycles. The molecule has 10 nitrogen and oxygen atoms in total. The summed E-state index contributed by atoms with van der Waals surface area (Å²) in [6, 6.07) is 15.7. The van der Waals surface area contributed by atoms with Gasteiger partial charge in [0.05, 0.1) is 5.69 Å². The number of aryl methyl sites for hydroxylation is 1. The van der Waals surface area contributed by atoms with Gasteiger partial charge in [-0.3, -0.25) is 4.79 Å². The summed E-state index contributed by atoms with van der Waals surface area (Å²) in [5, 5.41) is 15.8. The quantitative estimate of drug-likeness (QED) is 0.411. The molecule has 6 rings (SSSR count). The number of aromatic nitrogens is 7. The number of piperidine rings is 1. The van der Waals surface area contributed by atoms with E-state index in [9.17, 15) is 4.79 Å². The van der Waals surface area contributed by atoms with E-state index in [1.807, 2.05) is 59.3 Å². The highest BCUT2D eigenvalue weighted by atomic mass is 16.1. The van der Waals surface area contributed by atoms with Crippen molar-refractivity contribution in [2.75, 3.05) is 23.3 Å². The van der Waals surface area contributed by atoms with Crippen molar-refractivity contribution in [2.24, 2.45) is 5.92 Å². The van der Waals surface area contributed by atoms with Crippen molar-refractivity contribution in [3.8, 4) is 17.1 Å². The standard InChI is InChI=1S/C26H25N9O/c1-18-4-3-11-34-15-22(30-25(18)34)20-5-2-6-21(14-20)29-26(36)19-9-12-33(13-10-19)23-7-8-24(32-31-23)35-17-27-16-28-35/h2-8,11,14-17,19H,9-10,12-13H2,1H3,(H,29,36). The van der Waals surface area contributed by atoms with Crippen LogP contribution in [0.15, 0.2) is 73.6 Å². The predicted octanol–water partition coefficient (Wildman–Crippen LogP) is 3.54. The molecule has 1 amide bonds. The average molecular weight is 480 g/mol. The highest BCUT2D eigenvalue weighted by Gasteiger charge is 2.26. The van der Waals surface area contributed by atoms with E-state index in [2.05, 4.69) is 43.5 Å². The molecule has 1 aliphatic rings. The molecular weight excluding hydrogens is 454 g/mol. The van der Waals surface area contributed by atoms with Crippen LogP contribution in [0.25, 0.3) is 22.7 Å². The van der Waals surface area contributed by atoms with E-state index in [1.165, 1.54) is 6.33 Å². The van der Waals surface area contributed by atoms with Gasteiger partial charge in [0, 0.05) is 42.7 Å². The highest BCUT2D eigenvalue weighted by molar-refractivity contribution is 5.93. The van der Waals surface area contributed by atoms with Crippen molar-refractivity contribution in [1.29, 1.82) is 0 Å². The van der Waals surface area contributed by atoms with Gasteiger partial charge in [0.1, 0.15) is 18.3 Å². The van der Waals surface area contributed by atoms with Gasteiger partial charge in [0.15, 0.2) is 11.6 Å². The Morgan fingerprint density at radius 2 is 1.86 bits per heavy atom. The summed E-state index contributed by atoms with van der Waals surface area (Å²) in [4.78, 5) is 23.9. The zero-order chi connectivity index (χ0) is 24.5. The topological polar surface area (TPSA) is 106 Å². The molecule has 1 N–H and O–H groups in total. The van der Waals surface area contributed by atoms with Crippen LogP contribution in [0.4, 0.5) is 11.5 Å². The van der Waals surface area contributed by atoms with Crippen molar-refractivity contribution >= 4 is 23.1 Å². The van der Waals surface area contributed by atoms with Gasteiger partial charge in [-0.15, -0.1) is 10.2 Å². The fourth-order valence-electron chi connectivity index (χ4n) is 4.60. The molecule has 0 unspecified atom stereocenters. The lowest BCUT2D eigenvalue weighted by Gasteiger charge is -2.31. The maximum atomic E-state index is 13.0. The minimum absolute atomic E-state index is 0.0465. The van der Waals surface area contributed by atoms with E-state index >= 15 is 0 Å². The van der Waals surface area contributed by atoms with Gasteiger partial charge in [0.2, 0.25) is 5.91 Å². The summed E-state index contributed by atoms with van der Waals surface area (Å²) < 4.78 is 3.59. The fraction of sp³-hybridized carbons (Fsp3) is 0.231. The van der Waals surface area contributed by atoms with E-state index in [0.717, 1.165) is 59.9 Å². The Morgan fingerprint density at radius 1 is 1.03 bits per heavy atom. The molecule has 0 spiro atoms. The number of nitrogens with zero attached hydrogens (tertiary/aromatic N) is 8. The van der Waals surface area contributed by atoms with Crippen molar-refractivity contribution < 1.29 is 4.79 Å². The van der Waals surface area contributed by atoms with E-state index in [1.54, 1.807) is 11.0 Å². The number of nitrogens with one attached hydrogen (secondary N) is 1. The Morgan fingerprint density at radius 3 is 2.61 bits per heavy atom. The number of benzene rings is 1. The minimum Gasteiger partial charge on any atom is -0.355 e. The van der Waals surface area contributed by atoms with Crippen LogP contribution < -0.4 is 10.2 Å². The number of carbonyl (C=O) groups excluding carboxylic acids is 1. The number of amides is 1. The predicted molar refractivity (Wildman–Crippen MR) is 136 cm³/mol. The number of rotatable bonds is 5. The Labute approximate surface area is 207 Å². The van der Waals surface area contributed by atoms with Crippen molar-refractivity contribution in [3.63, 3.8) is 0 Å². The second-order valence-electron chi connectivity index (χ2n) is 8.97. The third-order valence-electron chi connectivity index (χ3n) is 6.58. The number of carbonyl (C=O) groups is 1.